The highest BCUT2D eigenvalue weighted by Gasteiger charge is 2.55. The highest BCUT2D eigenvalue weighted by molar-refractivity contribution is 5.35. The van der Waals surface area contributed by atoms with E-state index in [4.69, 9.17) is 0 Å². The number of piperidine rings is 1. The van der Waals surface area contributed by atoms with Gasteiger partial charge in [0.15, 0.2) is 0 Å². The summed E-state index contributed by atoms with van der Waals surface area (Å²) in [6.07, 6.45) is 3.30. The molecule has 2 nitrogen and oxygen atoms in total. The van der Waals surface area contributed by atoms with E-state index in [9.17, 15) is 5.11 Å². The number of rotatable bonds is 2. The van der Waals surface area contributed by atoms with Crippen molar-refractivity contribution in [2.75, 3.05) is 7.05 Å². The van der Waals surface area contributed by atoms with Crippen LogP contribution in [-0.2, 0) is 5.60 Å². The molecule has 0 aromatic heterocycles. The molecule has 0 saturated carbocycles. The van der Waals surface area contributed by atoms with Crippen molar-refractivity contribution in [2.45, 2.75) is 42.9 Å². The minimum atomic E-state index is -0.801. The molecule has 2 heteroatoms. The fourth-order valence-corrected chi connectivity index (χ4v) is 4.68. The van der Waals surface area contributed by atoms with Gasteiger partial charge in [-0.3, -0.25) is 4.90 Å². The Morgan fingerprint density at radius 2 is 1.59 bits per heavy atom. The largest absolute Gasteiger partial charge is 0.383 e. The molecular formula is C20H23NO. The van der Waals surface area contributed by atoms with Crippen molar-refractivity contribution in [3.63, 3.8) is 0 Å². The van der Waals surface area contributed by atoms with Crippen LogP contribution in [0.4, 0.5) is 0 Å². The molecule has 1 N–H and O–H groups in total. The molecule has 4 atom stereocenters. The van der Waals surface area contributed by atoms with Crippen LogP contribution >= 0.6 is 0 Å². The molecule has 114 valence electrons. The summed E-state index contributed by atoms with van der Waals surface area (Å²) in [6, 6.07) is 21.6. The summed E-state index contributed by atoms with van der Waals surface area (Å²) >= 11 is 0. The highest BCUT2D eigenvalue weighted by atomic mass is 16.3. The van der Waals surface area contributed by atoms with Crippen LogP contribution in [0.25, 0.3) is 0 Å². The van der Waals surface area contributed by atoms with Crippen LogP contribution < -0.4 is 0 Å². The molecular weight excluding hydrogens is 270 g/mol. The molecule has 2 aliphatic rings. The Labute approximate surface area is 132 Å². The molecule has 0 radical (unpaired) electrons. The van der Waals surface area contributed by atoms with Gasteiger partial charge in [0.05, 0.1) is 0 Å². The number of aliphatic hydroxyl groups is 1. The monoisotopic (exact) mass is 293 g/mol. The molecule has 2 bridgehead atoms. The zero-order valence-electron chi connectivity index (χ0n) is 13.0. The Morgan fingerprint density at radius 3 is 2.27 bits per heavy atom. The van der Waals surface area contributed by atoms with E-state index in [1.807, 2.05) is 18.2 Å². The Balaban J connectivity index is 1.86. The third kappa shape index (κ3) is 1.94. The van der Waals surface area contributed by atoms with Crippen molar-refractivity contribution in [3.8, 4) is 0 Å². The van der Waals surface area contributed by atoms with E-state index in [0.29, 0.717) is 6.04 Å². The molecule has 0 aliphatic carbocycles. The first kappa shape index (κ1) is 14.0. The van der Waals surface area contributed by atoms with Crippen molar-refractivity contribution in [1.82, 2.24) is 4.90 Å². The van der Waals surface area contributed by atoms with Gasteiger partial charge >= 0.3 is 0 Å². The van der Waals surface area contributed by atoms with E-state index >= 15 is 0 Å². The van der Waals surface area contributed by atoms with Gasteiger partial charge in [-0.25, -0.2) is 0 Å². The number of nitrogens with zero attached hydrogens (tertiary/aromatic N) is 1. The van der Waals surface area contributed by atoms with Crippen LogP contribution in [-0.4, -0.2) is 29.1 Å². The predicted octanol–water partition coefficient (Wildman–Crippen LogP) is 3.52. The third-order valence-electron chi connectivity index (χ3n) is 5.83. The lowest BCUT2D eigenvalue weighted by atomic mass is 9.69. The lowest BCUT2D eigenvalue weighted by Crippen LogP contribution is -2.56. The Kier molecular flexibility index (Phi) is 3.32. The second kappa shape index (κ2) is 5.22. The van der Waals surface area contributed by atoms with Gasteiger partial charge in [0.25, 0.3) is 0 Å². The fourth-order valence-electron chi connectivity index (χ4n) is 4.68. The normalized spacial score (nSPS) is 34.7. The zero-order chi connectivity index (χ0) is 15.2. The van der Waals surface area contributed by atoms with E-state index in [1.165, 1.54) is 12.0 Å². The average molecular weight is 293 g/mol. The summed E-state index contributed by atoms with van der Waals surface area (Å²) in [6.45, 7) is 0. The second-order valence-electron chi connectivity index (χ2n) is 6.80. The van der Waals surface area contributed by atoms with Crippen LogP contribution in [0.3, 0.4) is 0 Å². The van der Waals surface area contributed by atoms with Gasteiger partial charge in [-0.05, 0) is 37.4 Å². The summed E-state index contributed by atoms with van der Waals surface area (Å²) in [5, 5.41) is 11.9. The molecule has 2 saturated heterocycles. The minimum Gasteiger partial charge on any atom is -0.383 e. The first-order chi connectivity index (χ1) is 10.7. The minimum absolute atomic E-state index is 0.171. The molecule has 0 spiro atoms. The quantitative estimate of drug-likeness (QED) is 0.915. The number of benzene rings is 2. The number of hydrogen-bond donors (Lipinski definition) is 1. The summed E-state index contributed by atoms with van der Waals surface area (Å²) in [5.74, 6) is 0.171. The van der Waals surface area contributed by atoms with E-state index in [0.717, 1.165) is 18.4 Å². The lowest BCUT2D eigenvalue weighted by Gasteiger charge is -2.50. The van der Waals surface area contributed by atoms with Crippen LogP contribution in [0.5, 0.6) is 0 Å². The summed E-state index contributed by atoms with van der Waals surface area (Å²) in [4.78, 5) is 2.41. The van der Waals surface area contributed by atoms with Crippen molar-refractivity contribution in [3.05, 3.63) is 71.8 Å². The number of hydrogen-bond acceptors (Lipinski definition) is 2. The van der Waals surface area contributed by atoms with Crippen LogP contribution in [0.15, 0.2) is 60.7 Å². The smallest absolute Gasteiger partial charge is 0.112 e. The summed E-state index contributed by atoms with van der Waals surface area (Å²) in [7, 11) is 2.18. The maximum atomic E-state index is 11.9. The molecule has 2 fully saturated rings. The molecule has 4 rings (SSSR count). The van der Waals surface area contributed by atoms with E-state index in [2.05, 4.69) is 54.4 Å². The Morgan fingerprint density at radius 1 is 0.955 bits per heavy atom. The van der Waals surface area contributed by atoms with Crippen molar-refractivity contribution in [1.29, 1.82) is 0 Å². The first-order valence-electron chi connectivity index (χ1n) is 8.26. The van der Waals surface area contributed by atoms with Gasteiger partial charge in [0, 0.05) is 18.0 Å². The SMILES string of the molecule is CN1C2CCC1C(O)(c1ccccc1)C(c1ccccc1)C2. The van der Waals surface area contributed by atoms with Gasteiger partial charge in [-0.15, -0.1) is 0 Å². The first-order valence-corrected chi connectivity index (χ1v) is 8.26. The Hall–Kier alpha value is -1.64. The molecule has 2 aromatic rings. The number of likely N-dealkylation sites (N-methyl/N-ethyl adjacent to an activating group) is 1. The second-order valence-corrected chi connectivity index (χ2v) is 6.80. The average Bonchev–Trinajstić information content (AvgIpc) is 2.85. The fraction of sp³-hybridized carbons (Fsp3) is 0.400. The third-order valence-corrected chi connectivity index (χ3v) is 5.83. The van der Waals surface area contributed by atoms with Crippen molar-refractivity contribution in [2.24, 2.45) is 0 Å². The summed E-state index contributed by atoms with van der Waals surface area (Å²) < 4.78 is 0. The van der Waals surface area contributed by atoms with E-state index in [1.54, 1.807) is 0 Å². The maximum absolute atomic E-state index is 11.9. The standard InChI is InChI=1S/C20H23NO/c1-21-17-12-13-19(21)20(22,16-10-6-3-7-11-16)18(14-17)15-8-4-2-5-9-15/h2-11,17-19,22H,12-14H2,1H3. The maximum Gasteiger partial charge on any atom is 0.112 e. The van der Waals surface area contributed by atoms with Crippen molar-refractivity contribution < 1.29 is 5.11 Å². The van der Waals surface area contributed by atoms with Crippen molar-refractivity contribution >= 4 is 0 Å². The van der Waals surface area contributed by atoms with Gasteiger partial charge < -0.3 is 5.11 Å². The van der Waals surface area contributed by atoms with Gasteiger partial charge in [-0.2, -0.15) is 0 Å². The van der Waals surface area contributed by atoms with Gasteiger partial charge in [0.1, 0.15) is 5.60 Å². The highest BCUT2D eigenvalue weighted by Crippen LogP contribution is 2.53. The summed E-state index contributed by atoms with van der Waals surface area (Å²) in [5.41, 5.74) is 1.52. The molecule has 4 unspecified atom stereocenters. The van der Waals surface area contributed by atoms with Crippen LogP contribution in [0.2, 0.25) is 0 Å². The topological polar surface area (TPSA) is 23.5 Å². The molecule has 22 heavy (non-hydrogen) atoms. The lowest BCUT2D eigenvalue weighted by molar-refractivity contribution is -0.0913. The van der Waals surface area contributed by atoms with E-state index < -0.39 is 5.60 Å². The molecule has 2 heterocycles. The van der Waals surface area contributed by atoms with Crippen LogP contribution in [0, 0.1) is 0 Å². The van der Waals surface area contributed by atoms with Gasteiger partial charge in [-0.1, -0.05) is 60.7 Å². The number of fused-ring (bicyclic) bond motifs is 2. The van der Waals surface area contributed by atoms with Crippen LogP contribution in [0.1, 0.15) is 36.3 Å². The molecule has 2 aliphatic heterocycles. The van der Waals surface area contributed by atoms with E-state index in [-0.39, 0.29) is 12.0 Å². The zero-order valence-corrected chi connectivity index (χ0v) is 13.0. The molecule has 0 amide bonds. The predicted molar refractivity (Wildman–Crippen MR) is 88.7 cm³/mol. The Bertz CT molecular complexity index is 641. The molecule has 2 aromatic carbocycles. The van der Waals surface area contributed by atoms with Gasteiger partial charge in [0.2, 0.25) is 0 Å².